The summed E-state index contributed by atoms with van der Waals surface area (Å²) in [5.41, 5.74) is 3.54. The van der Waals surface area contributed by atoms with Gasteiger partial charge in [-0.3, -0.25) is 14.2 Å². The second-order valence-electron chi connectivity index (χ2n) is 6.70. The van der Waals surface area contributed by atoms with Crippen molar-refractivity contribution < 1.29 is 14.6 Å². The molecule has 1 N–H and O–H groups in total. The predicted molar refractivity (Wildman–Crippen MR) is 112 cm³/mol. The third-order valence-electron chi connectivity index (χ3n) is 4.56. The van der Waals surface area contributed by atoms with Gasteiger partial charge in [0, 0.05) is 10.9 Å². The summed E-state index contributed by atoms with van der Waals surface area (Å²) in [7, 11) is 0. The van der Waals surface area contributed by atoms with E-state index in [1.165, 1.54) is 23.2 Å². The Hall–Kier alpha value is -3.45. The smallest absolute Gasteiger partial charge is 0.323 e. The van der Waals surface area contributed by atoms with Gasteiger partial charge < -0.3 is 9.84 Å². The first-order valence-corrected chi connectivity index (χ1v) is 9.86. The summed E-state index contributed by atoms with van der Waals surface area (Å²) in [6.07, 6.45) is 1.28. The first-order chi connectivity index (χ1) is 14.0. The molecule has 0 aliphatic heterocycles. The van der Waals surface area contributed by atoms with E-state index >= 15 is 0 Å². The van der Waals surface area contributed by atoms with E-state index in [1.807, 2.05) is 48.7 Å². The van der Waals surface area contributed by atoms with Crippen molar-refractivity contribution in [2.45, 2.75) is 20.1 Å². The molecule has 0 radical (unpaired) electrons. The zero-order chi connectivity index (χ0) is 20.4. The summed E-state index contributed by atoms with van der Waals surface area (Å²) in [4.78, 5) is 28.5. The number of carboxylic acid groups (broad SMARTS) is 1. The van der Waals surface area contributed by atoms with Crippen LogP contribution in [0.2, 0.25) is 0 Å². The van der Waals surface area contributed by atoms with Crippen molar-refractivity contribution in [2.24, 2.45) is 0 Å². The van der Waals surface area contributed by atoms with Crippen molar-refractivity contribution in [1.29, 1.82) is 0 Å². The molecule has 29 heavy (non-hydrogen) atoms. The maximum Gasteiger partial charge on any atom is 0.323 e. The number of carboxylic acids is 1. The van der Waals surface area contributed by atoms with Gasteiger partial charge in [0.2, 0.25) is 0 Å². The van der Waals surface area contributed by atoms with Crippen molar-refractivity contribution in [2.75, 3.05) is 0 Å². The van der Waals surface area contributed by atoms with Gasteiger partial charge in [-0.05, 0) is 30.2 Å². The van der Waals surface area contributed by atoms with Crippen LogP contribution in [-0.4, -0.2) is 20.6 Å². The Labute approximate surface area is 170 Å². The Bertz CT molecular complexity index is 1220. The number of fused-ring (bicyclic) bond motifs is 1. The molecule has 0 aliphatic rings. The van der Waals surface area contributed by atoms with Gasteiger partial charge in [0.05, 0.1) is 11.7 Å². The van der Waals surface area contributed by atoms with Crippen LogP contribution >= 0.6 is 11.3 Å². The SMILES string of the molecule is Cc1ccc(COc2ccc(-c3csc4ncn(CC(=O)O)c(=O)c34)cc2)cc1. The van der Waals surface area contributed by atoms with Crippen LogP contribution in [0.15, 0.2) is 65.0 Å². The third-order valence-corrected chi connectivity index (χ3v) is 5.44. The Morgan fingerprint density at radius 1 is 1.14 bits per heavy atom. The van der Waals surface area contributed by atoms with Crippen molar-refractivity contribution in [3.05, 3.63) is 81.7 Å². The van der Waals surface area contributed by atoms with Crippen molar-refractivity contribution in [1.82, 2.24) is 9.55 Å². The molecular weight excluding hydrogens is 388 g/mol. The first kappa shape index (κ1) is 18.9. The van der Waals surface area contributed by atoms with Gasteiger partial charge in [-0.25, -0.2) is 4.98 Å². The zero-order valence-electron chi connectivity index (χ0n) is 15.7. The highest BCUT2D eigenvalue weighted by molar-refractivity contribution is 7.17. The van der Waals surface area contributed by atoms with Crippen LogP contribution in [0.3, 0.4) is 0 Å². The molecule has 146 valence electrons. The maximum atomic E-state index is 12.7. The number of aromatic nitrogens is 2. The number of carbonyl (C=O) groups is 1. The van der Waals surface area contributed by atoms with Gasteiger partial charge in [0.15, 0.2) is 0 Å². The largest absolute Gasteiger partial charge is 0.489 e. The van der Waals surface area contributed by atoms with Crippen LogP contribution in [0.4, 0.5) is 0 Å². The lowest BCUT2D eigenvalue weighted by Gasteiger charge is -2.08. The van der Waals surface area contributed by atoms with E-state index in [9.17, 15) is 9.59 Å². The lowest BCUT2D eigenvalue weighted by atomic mass is 10.1. The second kappa shape index (κ2) is 7.89. The van der Waals surface area contributed by atoms with Crippen LogP contribution in [0.1, 0.15) is 11.1 Å². The molecule has 0 spiro atoms. The summed E-state index contributed by atoms with van der Waals surface area (Å²) in [6, 6.07) is 15.7. The minimum absolute atomic E-state index is 0.353. The molecule has 0 bridgehead atoms. The molecule has 2 heterocycles. The average molecular weight is 406 g/mol. The molecule has 0 saturated heterocycles. The topological polar surface area (TPSA) is 81.4 Å². The van der Waals surface area contributed by atoms with E-state index in [0.717, 1.165) is 27.0 Å². The predicted octanol–water partition coefficient (Wildman–Crippen LogP) is 4.10. The molecule has 0 fully saturated rings. The third kappa shape index (κ3) is 4.05. The summed E-state index contributed by atoms with van der Waals surface area (Å²) >= 11 is 1.36. The summed E-state index contributed by atoms with van der Waals surface area (Å²) < 4.78 is 6.95. The lowest BCUT2D eigenvalue weighted by molar-refractivity contribution is -0.137. The van der Waals surface area contributed by atoms with Crippen LogP contribution in [0.5, 0.6) is 5.75 Å². The molecule has 6 nitrogen and oxygen atoms in total. The van der Waals surface area contributed by atoms with Gasteiger partial charge in [0.1, 0.15) is 23.7 Å². The number of hydrogen-bond donors (Lipinski definition) is 1. The van der Waals surface area contributed by atoms with E-state index in [2.05, 4.69) is 17.1 Å². The fourth-order valence-corrected chi connectivity index (χ4v) is 3.93. The Kier molecular flexibility index (Phi) is 5.14. The van der Waals surface area contributed by atoms with Gasteiger partial charge in [-0.15, -0.1) is 11.3 Å². The molecule has 0 amide bonds. The summed E-state index contributed by atoms with van der Waals surface area (Å²) in [5, 5.41) is 11.3. The van der Waals surface area contributed by atoms with E-state index in [0.29, 0.717) is 16.8 Å². The van der Waals surface area contributed by atoms with Gasteiger partial charge >= 0.3 is 5.97 Å². The number of benzene rings is 2. The molecule has 4 rings (SSSR count). The first-order valence-electron chi connectivity index (χ1n) is 8.98. The monoisotopic (exact) mass is 406 g/mol. The normalized spacial score (nSPS) is 10.9. The van der Waals surface area contributed by atoms with E-state index in [4.69, 9.17) is 9.84 Å². The van der Waals surface area contributed by atoms with Gasteiger partial charge in [0.25, 0.3) is 5.56 Å². The molecule has 0 saturated carbocycles. The Balaban J connectivity index is 1.58. The molecular formula is C22H18N2O4S. The zero-order valence-corrected chi connectivity index (χ0v) is 16.5. The highest BCUT2D eigenvalue weighted by Gasteiger charge is 2.14. The number of thiophene rings is 1. The number of rotatable bonds is 6. The van der Waals surface area contributed by atoms with Crippen molar-refractivity contribution >= 4 is 27.5 Å². The number of aryl methyl sites for hydroxylation is 1. The highest BCUT2D eigenvalue weighted by atomic mass is 32.1. The summed E-state index contributed by atoms with van der Waals surface area (Å²) in [6.45, 7) is 2.11. The number of aliphatic carboxylic acids is 1. The standard InChI is InChI=1S/C22H18N2O4S/c1-14-2-4-15(5-3-14)11-28-17-8-6-16(7-9-17)18-12-29-21-20(18)22(27)24(13-23-21)10-19(25)26/h2-9,12-13H,10-11H2,1H3,(H,25,26). The van der Waals surface area contributed by atoms with E-state index in [-0.39, 0.29) is 5.56 Å². The quantitative estimate of drug-likeness (QED) is 0.521. The van der Waals surface area contributed by atoms with Gasteiger partial charge in [-0.2, -0.15) is 0 Å². The second-order valence-corrected chi connectivity index (χ2v) is 7.56. The number of nitrogens with zero attached hydrogens (tertiary/aromatic N) is 2. The molecule has 0 unspecified atom stereocenters. The van der Waals surface area contributed by atoms with Gasteiger partial charge in [-0.1, -0.05) is 42.0 Å². The lowest BCUT2D eigenvalue weighted by Crippen LogP contribution is -2.24. The van der Waals surface area contributed by atoms with E-state index in [1.54, 1.807) is 0 Å². The van der Waals surface area contributed by atoms with Crippen molar-refractivity contribution in [3.8, 4) is 16.9 Å². The van der Waals surface area contributed by atoms with Crippen LogP contribution in [0, 0.1) is 6.92 Å². The van der Waals surface area contributed by atoms with Crippen LogP contribution in [0.25, 0.3) is 21.3 Å². The van der Waals surface area contributed by atoms with Crippen LogP contribution in [-0.2, 0) is 17.9 Å². The summed E-state index contributed by atoms with van der Waals surface area (Å²) in [5.74, 6) is -0.351. The molecule has 0 atom stereocenters. The molecule has 2 aromatic carbocycles. The maximum absolute atomic E-state index is 12.7. The minimum atomic E-state index is -1.08. The number of ether oxygens (including phenoxy) is 1. The van der Waals surface area contributed by atoms with E-state index < -0.39 is 12.5 Å². The Morgan fingerprint density at radius 3 is 2.55 bits per heavy atom. The minimum Gasteiger partial charge on any atom is -0.489 e. The molecule has 2 aromatic heterocycles. The van der Waals surface area contributed by atoms with Crippen LogP contribution < -0.4 is 10.3 Å². The molecule has 0 aliphatic carbocycles. The van der Waals surface area contributed by atoms with Crippen molar-refractivity contribution in [3.63, 3.8) is 0 Å². The fraction of sp³-hybridized carbons (Fsp3) is 0.136. The average Bonchev–Trinajstić information content (AvgIpc) is 3.15. The highest BCUT2D eigenvalue weighted by Crippen LogP contribution is 2.31. The Morgan fingerprint density at radius 2 is 1.86 bits per heavy atom. The number of hydrogen-bond acceptors (Lipinski definition) is 5. The molecule has 7 heteroatoms. The fourth-order valence-electron chi connectivity index (χ4n) is 3.02. The molecule has 4 aromatic rings.